The van der Waals surface area contributed by atoms with E-state index in [1.807, 2.05) is 0 Å². The summed E-state index contributed by atoms with van der Waals surface area (Å²) in [6.45, 7) is 0. The minimum absolute atomic E-state index is 0.664. The zero-order valence-electron chi connectivity index (χ0n) is 5.92. The van der Waals surface area contributed by atoms with E-state index in [-0.39, 0.29) is 0 Å². The summed E-state index contributed by atoms with van der Waals surface area (Å²) in [6.07, 6.45) is 9.75. The number of nitrogens with zero attached hydrogens (tertiary/aromatic N) is 1. The molecule has 0 saturated carbocycles. The third-order valence-corrected chi connectivity index (χ3v) is 2.49. The van der Waals surface area contributed by atoms with Crippen LogP contribution in [0.3, 0.4) is 0 Å². The Hall–Kier alpha value is -0.440. The Labute approximate surface area is 56.6 Å². The molecule has 1 aromatic heterocycles. The van der Waals surface area contributed by atoms with Crippen LogP contribution < -0.4 is 0 Å². The van der Waals surface area contributed by atoms with E-state index >= 15 is 0 Å². The lowest BCUT2D eigenvalue weighted by Gasteiger charge is -2.20. The smallest absolute Gasteiger partial charge is 0.181 e. The average Bonchev–Trinajstić information content (AvgIpc) is 2.08. The van der Waals surface area contributed by atoms with Gasteiger partial charge in [-0.05, 0) is 18.8 Å². The molecule has 9 heavy (non-hydrogen) atoms. The Morgan fingerprint density at radius 3 is 2.33 bits per heavy atom. The first kappa shape index (κ1) is 6.68. The van der Waals surface area contributed by atoms with E-state index in [1.165, 1.54) is 6.39 Å². The fourth-order valence-corrected chi connectivity index (χ4v) is 1.21. The van der Waals surface area contributed by atoms with Gasteiger partial charge in [0, 0.05) is 0 Å². The minimum Gasteiger partial charge on any atom is -0.451 e. The molecule has 0 atom stereocenters. The van der Waals surface area contributed by atoms with Crippen LogP contribution in [-0.2, 0) is 0 Å². The second-order valence-corrected chi connectivity index (χ2v) is 6.76. The van der Waals surface area contributed by atoms with Crippen LogP contribution in [0, 0.1) is 0 Å². The molecule has 1 aromatic rings. The Morgan fingerprint density at radius 2 is 2.11 bits per heavy atom. The lowest BCUT2D eigenvalue weighted by molar-refractivity contribution is 0.555. The molecule has 52 valence electrons. The molecule has 0 saturated heterocycles. The van der Waals surface area contributed by atoms with Crippen LogP contribution in [-0.4, -0.2) is 23.8 Å². The molecule has 0 bridgehead atoms. The molecule has 0 aliphatic rings. The lowest BCUT2D eigenvalue weighted by atomic mass is 11.0. The van der Waals surface area contributed by atoms with Gasteiger partial charge in [-0.3, -0.25) is 0 Å². The predicted octanol–water partition coefficient (Wildman–Crippen LogP) is 1.73. The third-order valence-electron chi connectivity index (χ3n) is 1.04. The average molecular weight is 145 g/mol. The van der Waals surface area contributed by atoms with Crippen LogP contribution in [0.25, 0.3) is 0 Å². The van der Waals surface area contributed by atoms with Crippen molar-refractivity contribution >= 4 is 10.0 Å². The first-order chi connectivity index (χ1) is 4.11. The molecule has 2 nitrogen and oxygen atoms in total. The highest BCUT2D eigenvalue weighted by Gasteiger charge is 2.09. The summed E-state index contributed by atoms with van der Waals surface area (Å²) in [5, 5.41) is 1.09. The summed E-state index contributed by atoms with van der Waals surface area (Å²) < 4.78 is 4.85. The number of oxazole rings is 1. The molecule has 0 fully saturated rings. The van der Waals surface area contributed by atoms with Crippen LogP contribution in [0.1, 0.15) is 0 Å². The zero-order valence-corrected chi connectivity index (χ0v) is 6.73. The van der Waals surface area contributed by atoms with Crippen molar-refractivity contribution in [2.45, 2.75) is 5.03 Å². The standard InChI is InChI=1S/C6H11NOS/c1-9(2,3)6-4-8-5-7-6/h4-5H,1-3H3. The Kier molecular flexibility index (Phi) is 1.53. The van der Waals surface area contributed by atoms with Crippen molar-refractivity contribution < 1.29 is 4.42 Å². The number of hydrogen-bond donors (Lipinski definition) is 0. The molecule has 0 aliphatic carbocycles. The molecule has 1 heterocycles. The van der Waals surface area contributed by atoms with E-state index in [1.54, 1.807) is 6.26 Å². The van der Waals surface area contributed by atoms with Crippen molar-refractivity contribution in [3.63, 3.8) is 0 Å². The molecular formula is C6H11NOS. The van der Waals surface area contributed by atoms with Gasteiger partial charge < -0.3 is 4.42 Å². The maximum absolute atomic E-state index is 4.85. The van der Waals surface area contributed by atoms with Gasteiger partial charge in [0.25, 0.3) is 0 Å². The first-order valence-electron chi connectivity index (χ1n) is 2.67. The van der Waals surface area contributed by atoms with Crippen LogP contribution in [0.2, 0.25) is 0 Å². The zero-order chi connectivity index (χ0) is 6.91. The van der Waals surface area contributed by atoms with Crippen molar-refractivity contribution in [2.24, 2.45) is 0 Å². The van der Waals surface area contributed by atoms with Gasteiger partial charge in [0.1, 0.15) is 11.3 Å². The molecule has 1 rings (SSSR count). The highest BCUT2D eigenvalue weighted by Crippen LogP contribution is 2.43. The van der Waals surface area contributed by atoms with Gasteiger partial charge in [-0.2, -0.15) is 0 Å². The topological polar surface area (TPSA) is 26.0 Å². The quantitative estimate of drug-likeness (QED) is 0.601. The van der Waals surface area contributed by atoms with Crippen molar-refractivity contribution in [1.82, 2.24) is 4.98 Å². The molecule has 0 radical (unpaired) electrons. The van der Waals surface area contributed by atoms with Gasteiger partial charge in [-0.25, -0.2) is 15.0 Å². The monoisotopic (exact) mass is 145 g/mol. The van der Waals surface area contributed by atoms with Gasteiger partial charge in [0.2, 0.25) is 0 Å². The van der Waals surface area contributed by atoms with Crippen molar-refractivity contribution in [2.75, 3.05) is 18.8 Å². The van der Waals surface area contributed by atoms with Gasteiger partial charge >= 0.3 is 0 Å². The fraction of sp³-hybridized carbons (Fsp3) is 0.500. The molecule has 0 unspecified atom stereocenters. The van der Waals surface area contributed by atoms with Gasteiger partial charge in [0.05, 0.1) is 0 Å². The summed E-state index contributed by atoms with van der Waals surface area (Å²) >= 11 is 0. The predicted molar refractivity (Wildman–Crippen MR) is 40.1 cm³/mol. The largest absolute Gasteiger partial charge is 0.451 e. The number of hydrogen-bond acceptors (Lipinski definition) is 2. The Bertz CT molecular complexity index is 175. The van der Waals surface area contributed by atoms with Crippen LogP contribution >= 0.6 is 10.0 Å². The van der Waals surface area contributed by atoms with Crippen LogP contribution in [0.15, 0.2) is 22.1 Å². The third kappa shape index (κ3) is 1.48. The molecule has 0 amide bonds. The maximum Gasteiger partial charge on any atom is 0.181 e. The summed E-state index contributed by atoms with van der Waals surface area (Å²) in [5.41, 5.74) is 0. The summed E-state index contributed by atoms with van der Waals surface area (Å²) in [7, 11) is -0.664. The Balaban J connectivity index is 2.90. The van der Waals surface area contributed by atoms with E-state index in [4.69, 9.17) is 4.42 Å². The van der Waals surface area contributed by atoms with E-state index in [0.29, 0.717) is 0 Å². The lowest BCUT2D eigenvalue weighted by Crippen LogP contribution is -1.91. The molecular weight excluding hydrogens is 134 g/mol. The second-order valence-electron chi connectivity index (χ2n) is 2.66. The van der Waals surface area contributed by atoms with Gasteiger partial charge in [0.15, 0.2) is 6.39 Å². The molecule has 0 spiro atoms. The summed E-state index contributed by atoms with van der Waals surface area (Å²) in [4.78, 5) is 4.06. The first-order valence-corrected chi connectivity index (χ1v) is 5.53. The SMILES string of the molecule is CS(C)(C)c1cocn1. The summed E-state index contributed by atoms with van der Waals surface area (Å²) in [6, 6.07) is 0. The van der Waals surface area contributed by atoms with E-state index in [9.17, 15) is 0 Å². The normalized spacial score (nSPS) is 13.7. The van der Waals surface area contributed by atoms with Crippen molar-refractivity contribution in [3.8, 4) is 0 Å². The van der Waals surface area contributed by atoms with Crippen molar-refractivity contribution in [1.29, 1.82) is 0 Å². The molecule has 0 aromatic carbocycles. The maximum atomic E-state index is 4.85. The van der Waals surface area contributed by atoms with Gasteiger partial charge in [-0.15, -0.1) is 0 Å². The van der Waals surface area contributed by atoms with Crippen LogP contribution in [0.5, 0.6) is 0 Å². The fourth-order valence-electron chi connectivity index (χ4n) is 0.504. The minimum atomic E-state index is -0.664. The second kappa shape index (κ2) is 2.06. The Morgan fingerprint density at radius 1 is 1.44 bits per heavy atom. The molecule has 0 N–H and O–H groups in total. The molecule has 3 heteroatoms. The highest BCUT2D eigenvalue weighted by molar-refractivity contribution is 8.32. The van der Waals surface area contributed by atoms with E-state index < -0.39 is 10.0 Å². The summed E-state index contributed by atoms with van der Waals surface area (Å²) in [5.74, 6) is 0. The van der Waals surface area contributed by atoms with Crippen LogP contribution in [0.4, 0.5) is 0 Å². The van der Waals surface area contributed by atoms with Crippen molar-refractivity contribution in [3.05, 3.63) is 12.7 Å². The molecule has 0 aliphatic heterocycles. The number of aromatic nitrogens is 1. The van der Waals surface area contributed by atoms with Gasteiger partial charge in [-0.1, -0.05) is 0 Å². The highest BCUT2D eigenvalue weighted by atomic mass is 32.3. The van der Waals surface area contributed by atoms with E-state index in [2.05, 4.69) is 23.8 Å². The number of rotatable bonds is 1. The van der Waals surface area contributed by atoms with E-state index in [0.717, 1.165) is 5.03 Å².